The molecule has 0 spiro atoms. The van der Waals surface area contributed by atoms with Gasteiger partial charge >= 0.3 is 5.97 Å². The van der Waals surface area contributed by atoms with E-state index in [1.165, 1.54) is 12.8 Å². The first-order chi connectivity index (χ1) is 7.74. The summed E-state index contributed by atoms with van der Waals surface area (Å²) in [5.41, 5.74) is 0. The van der Waals surface area contributed by atoms with E-state index >= 15 is 0 Å². The number of hydrogen-bond donors (Lipinski definition) is 1. The van der Waals surface area contributed by atoms with Gasteiger partial charge in [0.1, 0.15) is 5.82 Å². The Bertz CT molecular complexity index is 423. The van der Waals surface area contributed by atoms with E-state index in [0.29, 0.717) is 5.92 Å². The van der Waals surface area contributed by atoms with Crippen molar-refractivity contribution in [2.45, 2.75) is 50.5 Å². The van der Waals surface area contributed by atoms with E-state index in [2.05, 4.69) is 10.1 Å². The molecule has 0 aromatic carbocycles. The van der Waals surface area contributed by atoms with E-state index in [4.69, 9.17) is 5.11 Å². The molecule has 1 aliphatic carbocycles. The third-order valence-electron chi connectivity index (χ3n) is 3.37. The average molecular weight is 221 g/mol. The Morgan fingerprint density at radius 2 is 2.25 bits per heavy atom. The van der Waals surface area contributed by atoms with Crippen molar-refractivity contribution in [3.63, 3.8) is 0 Å². The molecular weight excluding hydrogens is 206 g/mol. The van der Waals surface area contributed by atoms with E-state index in [1.54, 1.807) is 0 Å². The number of carboxylic acid groups (broad SMARTS) is 1. The van der Waals surface area contributed by atoms with Crippen molar-refractivity contribution in [3.05, 3.63) is 11.6 Å². The molecule has 2 aliphatic rings. The number of aliphatic carboxylic acids is 1. The van der Waals surface area contributed by atoms with Crippen LogP contribution in [0, 0.1) is 0 Å². The van der Waals surface area contributed by atoms with Gasteiger partial charge in [0.15, 0.2) is 5.82 Å². The number of hydrogen-bond acceptors (Lipinski definition) is 3. The topological polar surface area (TPSA) is 68.0 Å². The van der Waals surface area contributed by atoms with Crippen LogP contribution in [0.25, 0.3) is 0 Å². The Morgan fingerprint density at radius 1 is 1.44 bits per heavy atom. The molecule has 0 radical (unpaired) electrons. The van der Waals surface area contributed by atoms with Gasteiger partial charge in [0.2, 0.25) is 0 Å². The maximum atomic E-state index is 10.8. The van der Waals surface area contributed by atoms with E-state index in [1.807, 2.05) is 4.68 Å². The molecule has 5 nitrogen and oxygen atoms in total. The summed E-state index contributed by atoms with van der Waals surface area (Å²) in [7, 11) is 0. The molecule has 1 unspecified atom stereocenters. The molecular formula is C11H15N3O2. The summed E-state index contributed by atoms with van der Waals surface area (Å²) in [4.78, 5) is 15.3. The molecule has 1 fully saturated rings. The Balaban J connectivity index is 1.88. The van der Waals surface area contributed by atoms with Crippen molar-refractivity contribution in [1.29, 1.82) is 0 Å². The normalized spacial score (nSPS) is 24.1. The SMILES string of the molecule is O=C(O)CC1CCCn2nc(C3CC3)nc21. The highest BCUT2D eigenvalue weighted by molar-refractivity contribution is 5.67. The molecule has 1 aromatic rings. The minimum atomic E-state index is -0.741. The predicted octanol–water partition coefficient (Wildman–Crippen LogP) is 1.51. The molecule has 1 N–H and O–H groups in total. The molecule has 1 aromatic heterocycles. The quantitative estimate of drug-likeness (QED) is 0.840. The van der Waals surface area contributed by atoms with E-state index in [-0.39, 0.29) is 12.3 Å². The Morgan fingerprint density at radius 3 is 2.94 bits per heavy atom. The summed E-state index contributed by atoms with van der Waals surface area (Å²) in [5.74, 6) is 1.70. The number of aromatic nitrogens is 3. The summed E-state index contributed by atoms with van der Waals surface area (Å²) in [6.07, 6.45) is 4.50. The van der Waals surface area contributed by atoms with Crippen LogP contribution < -0.4 is 0 Å². The minimum absolute atomic E-state index is 0.0613. The largest absolute Gasteiger partial charge is 0.481 e. The molecule has 1 atom stereocenters. The van der Waals surface area contributed by atoms with Gasteiger partial charge in [-0.25, -0.2) is 9.67 Å². The summed E-state index contributed by atoms with van der Waals surface area (Å²) in [5, 5.41) is 13.3. The molecule has 0 bridgehead atoms. The second-order valence-corrected chi connectivity index (χ2v) is 4.76. The lowest BCUT2D eigenvalue weighted by Crippen LogP contribution is -2.19. The number of carbonyl (C=O) groups is 1. The Labute approximate surface area is 93.5 Å². The first kappa shape index (κ1) is 9.81. The van der Waals surface area contributed by atoms with Gasteiger partial charge in [-0.15, -0.1) is 0 Å². The molecule has 1 aliphatic heterocycles. The van der Waals surface area contributed by atoms with Crippen molar-refractivity contribution in [3.8, 4) is 0 Å². The highest BCUT2D eigenvalue weighted by Crippen LogP contribution is 2.39. The first-order valence-corrected chi connectivity index (χ1v) is 5.90. The Kier molecular flexibility index (Phi) is 2.19. The van der Waals surface area contributed by atoms with Crippen LogP contribution >= 0.6 is 0 Å². The summed E-state index contributed by atoms with van der Waals surface area (Å²) >= 11 is 0. The maximum Gasteiger partial charge on any atom is 0.304 e. The fourth-order valence-electron chi connectivity index (χ4n) is 2.37. The van der Waals surface area contributed by atoms with Gasteiger partial charge in [0.25, 0.3) is 0 Å². The summed E-state index contributed by atoms with van der Waals surface area (Å²) in [6, 6.07) is 0. The van der Waals surface area contributed by atoms with Crippen molar-refractivity contribution in [2.75, 3.05) is 0 Å². The molecule has 0 amide bonds. The van der Waals surface area contributed by atoms with Gasteiger partial charge in [-0.1, -0.05) is 0 Å². The third kappa shape index (κ3) is 1.70. The van der Waals surface area contributed by atoms with Gasteiger partial charge in [-0.05, 0) is 25.7 Å². The number of fused-ring (bicyclic) bond motifs is 1. The Hall–Kier alpha value is -1.39. The first-order valence-electron chi connectivity index (χ1n) is 5.90. The fraction of sp³-hybridized carbons (Fsp3) is 0.727. The van der Waals surface area contributed by atoms with E-state index < -0.39 is 5.97 Å². The zero-order valence-corrected chi connectivity index (χ0v) is 9.09. The van der Waals surface area contributed by atoms with Crippen LogP contribution in [0.15, 0.2) is 0 Å². The summed E-state index contributed by atoms with van der Waals surface area (Å²) < 4.78 is 1.92. The zero-order chi connectivity index (χ0) is 11.1. The highest BCUT2D eigenvalue weighted by Gasteiger charge is 2.32. The van der Waals surface area contributed by atoms with Crippen LogP contribution in [0.5, 0.6) is 0 Å². The van der Waals surface area contributed by atoms with Crippen LogP contribution in [0.2, 0.25) is 0 Å². The monoisotopic (exact) mass is 221 g/mol. The highest BCUT2D eigenvalue weighted by atomic mass is 16.4. The van der Waals surface area contributed by atoms with Crippen LogP contribution in [0.4, 0.5) is 0 Å². The number of carboxylic acids is 1. The van der Waals surface area contributed by atoms with Crippen molar-refractivity contribution >= 4 is 5.97 Å². The molecule has 5 heteroatoms. The van der Waals surface area contributed by atoms with Gasteiger partial charge < -0.3 is 5.11 Å². The van der Waals surface area contributed by atoms with E-state index in [0.717, 1.165) is 31.0 Å². The van der Waals surface area contributed by atoms with Gasteiger partial charge in [-0.2, -0.15) is 5.10 Å². The van der Waals surface area contributed by atoms with Gasteiger partial charge in [0, 0.05) is 18.4 Å². The number of rotatable bonds is 3. The standard InChI is InChI=1S/C11H15N3O2/c15-9(16)6-8-2-1-5-14-11(8)12-10(13-14)7-3-4-7/h7-8H,1-6H2,(H,15,16). The average Bonchev–Trinajstić information content (AvgIpc) is 2.98. The number of aryl methyl sites for hydroxylation is 1. The molecule has 2 heterocycles. The summed E-state index contributed by atoms with van der Waals surface area (Å²) in [6.45, 7) is 0.894. The zero-order valence-electron chi connectivity index (χ0n) is 9.09. The molecule has 16 heavy (non-hydrogen) atoms. The number of nitrogens with zero attached hydrogens (tertiary/aromatic N) is 3. The van der Waals surface area contributed by atoms with Crippen molar-refractivity contribution < 1.29 is 9.90 Å². The van der Waals surface area contributed by atoms with Crippen molar-refractivity contribution in [2.24, 2.45) is 0 Å². The minimum Gasteiger partial charge on any atom is -0.481 e. The fourth-order valence-corrected chi connectivity index (χ4v) is 2.37. The lowest BCUT2D eigenvalue weighted by atomic mass is 9.96. The smallest absolute Gasteiger partial charge is 0.304 e. The molecule has 3 rings (SSSR count). The lowest BCUT2D eigenvalue weighted by molar-refractivity contribution is -0.137. The van der Waals surface area contributed by atoms with Gasteiger partial charge in [0.05, 0.1) is 6.42 Å². The lowest BCUT2D eigenvalue weighted by Gasteiger charge is -2.20. The third-order valence-corrected chi connectivity index (χ3v) is 3.37. The second-order valence-electron chi connectivity index (χ2n) is 4.76. The van der Waals surface area contributed by atoms with Gasteiger partial charge in [-0.3, -0.25) is 4.79 Å². The van der Waals surface area contributed by atoms with E-state index in [9.17, 15) is 4.79 Å². The van der Waals surface area contributed by atoms with Crippen LogP contribution in [-0.4, -0.2) is 25.8 Å². The molecule has 1 saturated carbocycles. The van der Waals surface area contributed by atoms with Crippen molar-refractivity contribution in [1.82, 2.24) is 14.8 Å². The van der Waals surface area contributed by atoms with Crippen LogP contribution in [-0.2, 0) is 11.3 Å². The molecule has 0 saturated heterocycles. The predicted molar refractivity (Wildman–Crippen MR) is 56.2 cm³/mol. The molecule has 86 valence electrons. The van der Waals surface area contributed by atoms with Crippen LogP contribution in [0.3, 0.4) is 0 Å². The second kappa shape index (κ2) is 3.57. The maximum absolute atomic E-state index is 10.8. The van der Waals surface area contributed by atoms with Crippen LogP contribution in [0.1, 0.15) is 55.6 Å².